The van der Waals surface area contributed by atoms with Crippen LogP contribution in [0.15, 0.2) is 81.3 Å². The van der Waals surface area contributed by atoms with Crippen LogP contribution >= 0.6 is 23.1 Å². The summed E-state index contributed by atoms with van der Waals surface area (Å²) in [6, 6.07) is 20.0. The molecule has 0 aliphatic carbocycles. The second-order valence-electron chi connectivity index (χ2n) is 7.91. The third kappa shape index (κ3) is 4.81. The summed E-state index contributed by atoms with van der Waals surface area (Å²) in [6.07, 6.45) is 2.97. The number of amides is 1. The predicted octanol–water partition coefficient (Wildman–Crippen LogP) is 4.22. The van der Waals surface area contributed by atoms with Crippen LogP contribution < -0.4 is 25.0 Å². The lowest BCUT2D eigenvalue weighted by Gasteiger charge is -2.32. The standard InChI is InChI=1S/C26H20N4O4S2/c1-2-29-19-5-3-4-6-21(19)35-22-14-17(9-12-20(22)29)27-24(31)15-25-28-26(32)23(36-25)13-16-7-10-18(11-8-16)30(33)34/h3-15H,2H2,1H3,(H,27,31)(H,28,32). The van der Waals surface area contributed by atoms with E-state index in [4.69, 9.17) is 0 Å². The summed E-state index contributed by atoms with van der Waals surface area (Å²) in [6.45, 7) is 2.94. The first kappa shape index (κ1) is 23.6. The number of para-hydroxylation sites is 1. The molecule has 4 aromatic rings. The number of H-pyrrole nitrogens is 1. The number of benzene rings is 3. The van der Waals surface area contributed by atoms with Gasteiger partial charge in [0.25, 0.3) is 17.2 Å². The highest BCUT2D eigenvalue weighted by atomic mass is 32.2. The number of anilines is 3. The molecule has 1 aliphatic heterocycles. The number of carbonyl (C=O) groups is 1. The number of hydrogen-bond acceptors (Lipinski definition) is 7. The molecule has 36 heavy (non-hydrogen) atoms. The van der Waals surface area contributed by atoms with Crippen molar-refractivity contribution in [1.82, 2.24) is 4.98 Å². The Hall–Kier alpha value is -4.15. The average molecular weight is 517 g/mol. The van der Waals surface area contributed by atoms with Crippen LogP contribution in [-0.2, 0) is 4.79 Å². The predicted molar refractivity (Wildman–Crippen MR) is 144 cm³/mol. The summed E-state index contributed by atoms with van der Waals surface area (Å²) in [5.41, 5.74) is 3.22. The minimum absolute atomic E-state index is 0.0230. The maximum absolute atomic E-state index is 12.7. The van der Waals surface area contributed by atoms with Gasteiger partial charge in [0.05, 0.1) is 20.8 Å². The summed E-state index contributed by atoms with van der Waals surface area (Å²) >= 11 is 2.80. The molecule has 1 aromatic heterocycles. The number of rotatable bonds is 5. The average Bonchev–Trinajstić information content (AvgIpc) is 3.20. The van der Waals surface area contributed by atoms with Crippen molar-refractivity contribution in [2.75, 3.05) is 16.8 Å². The highest BCUT2D eigenvalue weighted by molar-refractivity contribution is 7.99. The van der Waals surface area contributed by atoms with E-state index in [1.807, 2.05) is 30.3 Å². The number of thiazole rings is 1. The van der Waals surface area contributed by atoms with Gasteiger partial charge in [-0.15, -0.1) is 11.3 Å². The molecule has 0 unspecified atom stereocenters. The first-order valence-electron chi connectivity index (χ1n) is 11.1. The SMILES string of the molecule is CCN1c2ccccc2Sc2cc(NC(=O)C=c3[nH]c(=O)c(=Cc4ccc([N+](=O)[O-])cc4)s3)ccc21. The molecule has 2 heterocycles. The van der Waals surface area contributed by atoms with E-state index in [1.165, 1.54) is 23.9 Å². The Morgan fingerprint density at radius 1 is 1.08 bits per heavy atom. The van der Waals surface area contributed by atoms with Crippen molar-refractivity contribution in [2.45, 2.75) is 16.7 Å². The summed E-state index contributed by atoms with van der Waals surface area (Å²) < 4.78 is 0.801. The Labute approximate surface area is 213 Å². The molecule has 10 heteroatoms. The number of nitro groups is 1. The van der Waals surface area contributed by atoms with Crippen LogP contribution in [0, 0.1) is 10.1 Å². The second-order valence-corrected chi connectivity index (χ2v) is 10.1. The summed E-state index contributed by atoms with van der Waals surface area (Å²) in [5.74, 6) is -0.358. The number of aromatic nitrogens is 1. The minimum Gasteiger partial charge on any atom is -0.340 e. The van der Waals surface area contributed by atoms with E-state index in [1.54, 1.807) is 30.0 Å². The molecule has 2 N–H and O–H groups in total. The zero-order valence-corrected chi connectivity index (χ0v) is 20.7. The van der Waals surface area contributed by atoms with Crippen LogP contribution in [0.2, 0.25) is 0 Å². The van der Waals surface area contributed by atoms with Crippen LogP contribution in [0.4, 0.5) is 22.7 Å². The molecule has 0 atom stereocenters. The number of carbonyl (C=O) groups excluding carboxylic acids is 1. The third-order valence-electron chi connectivity index (χ3n) is 5.55. The zero-order chi connectivity index (χ0) is 25.2. The van der Waals surface area contributed by atoms with Gasteiger partial charge in [-0.05, 0) is 61.0 Å². The molecule has 8 nitrogen and oxygen atoms in total. The smallest absolute Gasteiger partial charge is 0.269 e. The molecule has 0 saturated heterocycles. The van der Waals surface area contributed by atoms with Gasteiger partial charge in [-0.3, -0.25) is 19.7 Å². The summed E-state index contributed by atoms with van der Waals surface area (Å²) in [5, 5.41) is 13.7. The third-order valence-corrected chi connectivity index (χ3v) is 7.63. The molecule has 0 bridgehead atoms. The fourth-order valence-corrected chi connectivity index (χ4v) is 5.94. The molecule has 0 spiro atoms. The maximum atomic E-state index is 12.7. The minimum atomic E-state index is -0.479. The van der Waals surface area contributed by atoms with Crippen molar-refractivity contribution in [2.24, 2.45) is 0 Å². The quantitative estimate of drug-likeness (QED) is 0.304. The van der Waals surface area contributed by atoms with Crippen molar-refractivity contribution in [3.05, 3.63) is 102 Å². The van der Waals surface area contributed by atoms with Gasteiger partial charge in [0, 0.05) is 40.2 Å². The monoisotopic (exact) mass is 516 g/mol. The molecule has 1 aliphatic rings. The van der Waals surface area contributed by atoms with E-state index in [9.17, 15) is 19.7 Å². The van der Waals surface area contributed by atoms with Crippen molar-refractivity contribution in [3.63, 3.8) is 0 Å². The molecule has 1 amide bonds. The Balaban J connectivity index is 1.36. The lowest BCUT2D eigenvalue weighted by atomic mass is 10.2. The number of nitrogens with one attached hydrogen (secondary N) is 2. The van der Waals surface area contributed by atoms with E-state index < -0.39 is 4.92 Å². The highest BCUT2D eigenvalue weighted by Gasteiger charge is 2.22. The van der Waals surface area contributed by atoms with Crippen LogP contribution in [-0.4, -0.2) is 22.4 Å². The van der Waals surface area contributed by atoms with E-state index in [2.05, 4.69) is 34.3 Å². The molecule has 5 rings (SSSR count). The first-order valence-corrected chi connectivity index (χ1v) is 12.7. The molecule has 0 fully saturated rings. The molecule has 180 valence electrons. The fourth-order valence-electron chi connectivity index (χ4n) is 3.92. The number of fused-ring (bicyclic) bond motifs is 2. The summed E-state index contributed by atoms with van der Waals surface area (Å²) in [7, 11) is 0. The largest absolute Gasteiger partial charge is 0.340 e. The topological polar surface area (TPSA) is 108 Å². The first-order chi connectivity index (χ1) is 17.4. The maximum Gasteiger partial charge on any atom is 0.269 e. The number of nitrogens with zero attached hydrogens (tertiary/aromatic N) is 2. The van der Waals surface area contributed by atoms with Gasteiger partial charge < -0.3 is 15.2 Å². The van der Waals surface area contributed by atoms with E-state index in [0.717, 1.165) is 33.4 Å². The Kier molecular flexibility index (Phi) is 6.45. The lowest BCUT2D eigenvalue weighted by Crippen LogP contribution is -2.20. The molecule has 0 saturated carbocycles. The molecular weight excluding hydrogens is 496 g/mol. The van der Waals surface area contributed by atoms with Crippen molar-refractivity contribution >= 4 is 63.9 Å². The highest BCUT2D eigenvalue weighted by Crippen LogP contribution is 2.48. The Bertz CT molecular complexity index is 1660. The Morgan fingerprint density at radius 3 is 2.58 bits per heavy atom. The van der Waals surface area contributed by atoms with Gasteiger partial charge in [0.15, 0.2) is 0 Å². The number of aromatic amines is 1. The van der Waals surface area contributed by atoms with Crippen molar-refractivity contribution in [3.8, 4) is 0 Å². The van der Waals surface area contributed by atoms with Gasteiger partial charge in [0.1, 0.15) is 4.66 Å². The van der Waals surface area contributed by atoms with Crippen LogP contribution in [0.5, 0.6) is 0 Å². The van der Waals surface area contributed by atoms with E-state index in [-0.39, 0.29) is 17.2 Å². The second kappa shape index (κ2) is 9.84. The molecule has 3 aromatic carbocycles. The zero-order valence-electron chi connectivity index (χ0n) is 19.1. The van der Waals surface area contributed by atoms with Crippen LogP contribution in [0.25, 0.3) is 12.2 Å². The fraction of sp³-hybridized carbons (Fsp3) is 0.0769. The van der Waals surface area contributed by atoms with E-state index >= 15 is 0 Å². The number of hydrogen-bond donors (Lipinski definition) is 2. The number of non-ortho nitro benzene ring substituents is 1. The van der Waals surface area contributed by atoms with Gasteiger partial charge in [-0.25, -0.2) is 0 Å². The molecule has 0 radical (unpaired) electrons. The lowest BCUT2D eigenvalue weighted by molar-refractivity contribution is -0.384. The summed E-state index contributed by atoms with van der Waals surface area (Å²) in [4.78, 5) is 42.5. The van der Waals surface area contributed by atoms with Crippen LogP contribution in [0.1, 0.15) is 12.5 Å². The normalized spacial score (nSPS) is 13.3. The van der Waals surface area contributed by atoms with Crippen molar-refractivity contribution < 1.29 is 9.72 Å². The van der Waals surface area contributed by atoms with Gasteiger partial charge in [-0.1, -0.05) is 23.9 Å². The molecular formula is C26H20N4O4S2. The van der Waals surface area contributed by atoms with Gasteiger partial charge in [0.2, 0.25) is 0 Å². The number of nitro benzene ring substituents is 1. The van der Waals surface area contributed by atoms with Gasteiger partial charge >= 0.3 is 0 Å². The van der Waals surface area contributed by atoms with Crippen LogP contribution in [0.3, 0.4) is 0 Å². The van der Waals surface area contributed by atoms with E-state index in [0.29, 0.717) is 20.4 Å². The Morgan fingerprint density at radius 2 is 1.83 bits per heavy atom. The van der Waals surface area contributed by atoms with Gasteiger partial charge in [-0.2, -0.15) is 0 Å². The van der Waals surface area contributed by atoms with Crippen molar-refractivity contribution in [1.29, 1.82) is 0 Å².